The first-order valence-electron chi connectivity index (χ1n) is 10.4. The quantitative estimate of drug-likeness (QED) is 0.399. The van der Waals surface area contributed by atoms with Gasteiger partial charge in [-0.2, -0.15) is 0 Å². The minimum atomic E-state index is -0.879. The molecule has 0 fully saturated rings. The summed E-state index contributed by atoms with van der Waals surface area (Å²) in [6, 6.07) is 15.5. The number of fused-ring (bicyclic) bond motifs is 3. The number of furan rings is 1. The largest absolute Gasteiger partial charge is 0.491 e. The number of amides is 1. The molecule has 0 spiro atoms. The molecule has 2 aromatic carbocycles. The summed E-state index contributed by atoms with van der Waals surface area (Å²) in [6.07, 6.45) is 2.01. The van der Waals surface area contributed by atoms with Crippen molar-refractivity contribution in [2.75, 3.05) is 7.11 Å². The lowest BCUT2D eigenvalue weighted by Crippen LogP contribution is -2.26. The van der Waals surface area contributed by atoms with Crippen LogP contribution < -0.4 is 10.1 Å². The Morgan fingerprint density at radius 3 is 2.68 bits per heavy atom. The van der Waals surface area contributed by atoms with Crippen molar-refractivity contribution in [2.45, 2.75) is 13.0 Å². The summed E-state index contributed by atoms with van der Waals surface area (Å²) in [5.41, 5.74) is 2.86. The first kappa shape index (κ1) is 21.4. The Bertz CT molecular complexity index is 1520. The van der Waals surface area contributed by atoms with Crippen LogP contribution in [-0.2, 0) is 13.0 Å². The minimum absolute atomic E-state index is 0.0650. The smallest absolute Gasteiger partial charge is 0.289 e. The van der Waals surface area contributed by atoms with Crippen molar-refractivity contribution in [1.82, 2.24) is 20.3 Å². The molecule has 0 unspecified atom stereocenters. The van der Waals surface area contributed by atoms with Crippen molar-refractivity contribution in [3.05, 3.63) is 95.1 Å². The van der Waals surface area contributed by atoms with Gasteiger partial charge in [0.1, 0.15) is 5.52 Å². The number of carbonyl (C=O) groups is 1. The number of pyridine rings is 1. The number of aromatic nitrogens is 3. The topological polar surface area (TPSA) is 90.1 Å². The Morgan fingerprint density at radius 2 is 1.88 bits per heavy atom. The zero-order valence-corrected chi connectivity index (χ0v) is 18.0. The Morgan fingerprint density at radius 1 is 1.06 bits per heavy atom. The van der Waals surface area contributed by atoms with Gasteiger partial charge in [0.05, 0.1) is 18.2 Å². The van der Waals surface area contributed by atoms with Crippen LogP contribution in [0.5, 0.6) is 5.75 Å². The zero-order valence-electron chi connectivity index (χ0n) is 18.0. The highest BCUT2D eigenvalue weighted by atomic mass is 19.1. The summed E-state index contributed by atoms with van der Waals surface area (Å²) < 4.78 is 38.8. The summed E-state index contributed by atoms with van der Waals surface area (Å²) in [7, 11) is 1.17. The number of methoxy groups -OCH3 is 1. The fourth-order valence-corrected chi connectivity index (χ4v) is 3.70. The third-order valence-electron chi connectivity index (χ3n) is 5.35. The van der Waals surface area contributed by atoms with Gasteiger partial charge in [0.2, 0.25) is 11.5 Å². The van der Waals surface area contributed by atoms with E-state index < -0.39 is 23.3 Å². The molecule has 0 atom stereocenters. The molecule has 9 heteroatoms. The lowest BCUT2D eigenvalue weighted by Gasteiger charge is -2.10. The molecular formula is C25H18F2N4O3. The Hall–Kier alpha value is -4.40. The van der Waals surface area contributed by atoms with Crippen molar-refractivity contribution in [3.63, 3.8) is 0 Å². The third-order valence-corrected chi connectivity index (χ3v) is 5.35. The van der Waals surface area contributed by atoms with Crippen molar-refractivity contribution < 1.29 is 22.7 Å². The van der Waals surface area contributed by atoms with E-state index in [0.29, 0.717) is 34.3 Å². The Balaban J connectivity index is 1.51. The maximum Gasteiger partial charge on any atom is 0.289 e. The first-order chi connectivity index (χ1) is 16.5. The van der Waals surface area contributed by atoms with Crippen molar-refractivity contribution in [2.24, 2.45) is 0 Å². The summed E-state index contributed by atoms with van der Waals surface area (Å²) in [6.45, 7) is -0.204. The zero-order chi connectivity index (χ0) is 23.7. The van der Waals surface area contributed by atoms with Crippen molar-refractivity contribution in [3.8, 4) is 5.75 Å². The average Bonchev–Trinajstić information content (AvgIpc) is 3.23. The Labute approximate surface area is 192 Å². The number of nitrogens with one attached hydrogen (secondary N) is 1. The van der Waals surface area contributed by atoms with Gasteiger partial charge in [-0.05, 0) is 23.8 Å². The lowest BCUT2D eigenvalue weighted by atomic mass is 10.1. The van der Waals surface area contributed by atoms with E-state index in [1.165, 1.54) is 13.2 Å². The molecule has 5 rings (SSSR count). The first-order valence-corrected chi connectivity index (χ1v) is 10.4. The maximum atomic E-state index is 14.5. The van der Waals surface area contributed by atoms with E-state index in [1.807, 2.05) is 30.3 Å². The van der Waals surface area contributed by atoms with Crippen LogP contribution in [0.15, 0.2) is 65.2 Å². The molecule has 5 aromatic rings. The van der Waals surface area contributed by atoms with Crippen LogP contribution in [0.25, 0.3) is 22.2 Å². The summed E-state index contributed by atoms with van der Waals surface area (Å²) in [4.78, 5) is 26.0. The van der Waals surface area contributed by atoms with Crippen LogP contribution in [0.3, 0.4) is 0 Å². The standard InChI is InChI=1S/C25H18F2N4O3/c1-33-21-17(26)10-9-15(19(21)27)13-29-24(32)23-30-18(12-14-6-3-2-4-7-14)22-20(31-23)16-8-5-11-28-25(16)34-22/h2-11H,12-13H2,1H3,(H,29,32). The maximum absolute atomic E-state index is 14.5. The van der Waals surface area contributed by atoms with Crippen LogP contribution in [0.2, 0.25) is 0 Å². The highest BCUT2D eigenvalue weighted by molar-refractivity contribution is 6.03. The molecule has 170 valence electrons. The van der Waals surface area contributed by atoms with Crippen LogP contribution in [-0.4, -0.2) is 28.0 Å². The number of carbonyl (C=O) groups excluding carboxylic acids is 1. The highest BCUT2D eigenvalue weighted by Crippen LogP contribution is 2.29. The number of halogens is 2. The molecule has 3 aromatic heterocycles. The second-order valence-corrected chi connectivity index (χ2v) is 7.53. The number of hydrogen-bond donors (Lipinski definition) is 1. The van der Waals surface area contributed by atoms with E-state index in [2.05, 4.69) is 20.3 Å². The van der Waals surface area contributed by atoms with Gasteiger partial charge in [-0.3, -0.25) is 4.79 Å². The molecule has 0 radical (unpaired) electrons. The second kappa shape index (κ2) is 8.86. The number of ether oxygens (including phenoxy) is 1. The molecule has 1 N–H and O–H groups in total. The highest BCUT2D eigenvalue weighted by Gasteiger charge is 2.21. The lowest BCUT2D eigenvalue weighted by molar-refractivity contribution is 0.0940. The van der Waals surface area contributed by atoms with Crippen LogP contribution in [0.1, 0.15) is 27.4 Å². The minimum Gasteiger partial charge on any atom is -0.491 e. The molecule has 0 saturated carbocycles. The monoisotopic (exact) mass is 460 g/mol. The molecule has 0 saturated heterocycles. The second-order valence-electron chi connectivity index (χ2n) is 7.53. The van der Waals surface area contributed by atoms with Gasteiger partial charge in [0.25, 0.3) is 5.91 Å². The van der Waals surface area contributed by atoms with E-state index in [9.17, 15) is 13.6 Å². The normalized spacial score (nSPS) is 11.1. The molecule has 7 nitrogen and oxygen atoms in total. The van der Waals surface area contributed by atoms with Gasteiger partial charge in [-0.25, -0.2) is 23.7 Å². The van der Waals surface area contributed by atoms with Gasteiger partial charge in [0, 0.05) is 24.7 Å². The fourth-order valence-electron chi connectivity index (χ4n) is 3.70. The van der Waals surface area contributed by atoms with Gasteiger partial charge >= 0.3 is 0 Å². The van der Waals surface area contributed by atoms with Crippen LogP contribution in [0.4, 0.5) is 8.78 Å². The molecule has 0 aliphatic carbocycles. The molecule has 3 heterocycles. The van der Waals surface area contributed by atoms with Crippen LogP contribution in [0, 0.1) is 11.6 Å². The third kappa shape index (κ3) is 3.92. The molecule has 0 bridgehead atoms. The number of hydrogen-bond acceptors (Lipinski definition) is 6. The van der Waals surface area contributed by atoms with Gasteiger partial charge in [0.15, 0.2) is 23.0 Å². The molecule has 34 heavy (non-hydrogen) atoms. The van der Waals surface area contributed by atoms with E-state index in [4.69, 9.17) is 9.15 Å². The molecular weight excluding hydrogens is 442 g/mol. The average molecular weight is 460 g/mol. The molecule has 0 aliphatic heterocycles. The van der Waals surface area contributed by atoms with E-state index >= 15 is 0 Å². The van der Waals surface area contributed by atoms with Crippen molar-refractivity contribution >= 4 is 28.1 Å². The molecule has 0 aliphatic rings. The van der Waals surface area contributed by atoms with Gasteiger partial charge < -0.3 is 14.5 Å². The predicted octanol–water partition coefficient (Wildman–Crippen LogP) is 4.58. The van der Waals surface area contributed by atoms with Gasteiger partial charge in [-0.1, -0.05) is 36.4 Å². The van der Waals surface area contributed by atoms with E-state index in [1.54, 1.807) is 18.3 Å². The number of nitrogens with zero attached hydrogens (tertiary/aromatic N) is 3. The van der Waals surface area contributed by atoms with Crippen molar-refractivity contribution in [1.29, 1.82) is 0 Å². The van der Waals surface area contributed by atoms with Gasteiger partial charge in [-0.15, -0.1) is 0 Å². The number of benzene rings is 2. The molecule has 1 amide bonds. The van der Waals surface area contributed by atoms with E-state index in [0.717, 1.165) is 11.6 Å². The number of rotatable bonds is 6. The predicted molar refractivity (Wildman–Crippen MR) is 120 cm³/mol. The summed E-state index contributed by atoms with van der Waals surface area (Å²) in [5, 5.41) is 3.25. The summed E-state index contributed by atoms with van der Waals surface area (Å²) in [5.74, 6) is -2.92. The van der Waals surface area contributed by atoms with Crippen LogP contribution >= 0.6 is 0 Å². The fraction of sp³-hybridized carbons (Fsp3) is 0.120. The van der Waals surface area contributed by atoms with E-state index in [-0.39, 0.29) is 17.9 Å². The SMILES string of the molecule is COc1c(F)ccc(CNC(=O)c2nc(Cc3ccccc3)c3oc4ncccc4c3n2)c1F. The summed E-state index contributed by atoms with van der Waals surface area (Å²) >= 11 is 0. The Kier molecular flexibility index (Phi) is 5.59.